The van der Waals surface area contributed by atoms with Gasteiger partial charge in [-0.3, -0.25) is 0 Å². The van der Waals surface area contributed by atoms with Crippen molar-refractivity contribution in [2.24, 2.45) is 0 Å². The Morgan fingerprint density at radius 1 is 1.00 bits per heavy atom. The Kier molecular flexibility index (Phi) is 6.84. The maximum absolute atomic E-state index is 12.5. The van der Waals surface area contributed by atoms with Gasteiger partial charge in [0.1, 0.15) is 11.5 Å². The Hall–Kier alpha value is -2.05. The van der Waals surface area contributed by atoms with Gasteiger partial charge in [0.2, 0.25) is 10.0 Å². The van der Waals surface area contributed by atoms with E-state index in [1.54, 1.807) is 31.4 Å². The molecule has 2 aromatic rings. The molecule has 0 saturated carbocycles. The zero-order valence-electron chi connectivity index (χ0n) is 14.9. The van der Waals surface area contributed by atoms with Crippen LogP contribution in [0, 0.1) is 0 Å². The summed E-state index contributed by atoms with van der Waals surface area (Å²) in [5.41, 5.74) is 0.865. The molecule has 0 heterocycles. The quantitative estimate of drug-likeness (QED) is 0.686. The van der Waals surface area contributed by atoms with Crippen molar-refractivity contribution in [1.29, 1.82) is 0 Å². The minimum Gasteiger partial charge on any atom is -0.497 e. The van der Waals surface area contributed by atoms with Gasteiger partial charge in [-0.1, -0.05) is 25.5 Å². The van der Waals surface area contributed by atoms with Gasteiger partial charge in [0.05, 0.1) is 18.6 Å². The summed E-state index contributed by atoms with van der Waals surface area (Å²) in [6, 6.07) is 13.4. The van der Waals surface area contributed by atoms with Crippen LogP contribution in [0.3, 0.4) is 0 Å². The smallest absolute Gasteiger partial charge is 0.241 e. The second kappa shape index (κ2) is 8.87. The molecule has 2 aromatic carbocycles. The van der Waals surface area contributed by atoms with Crippen molar-refractivity contribution in [3.05, 3.63) is 54.1 Å². The Bertz CT molecular complexity index is 755. The molecule has 0 spiro atoms. The van der Waals surface area contributed by atoms with E-state index in [0.29, 0.717) is 12.4 Å². The molecule has 0 radical (unpaired) electrons. The zero-order chi connectivity index (χ0) is 18.3. The summed E-state index contributed by atoms with van der Waals surface area (Å²) >= 11 is 0. The molecule has 2 rings (SSSR count). The highest BCUT2D eigenvalue weighted by Gasteiger charge is 2.18. The van der Waals surface area contributed by atoms with Gasteiger partial charge in [0.25, 0.3) is 0 Å². The van der Waals surface area contributed by atoms with E-state index >= 15 is 0 Å². The van der Waals surface area contributed by atoms with Gasteiger partial charge in [0.15, 0.2) is 0 Å². The van der Waals surface area contributed by atoms with Gasteiger partial charge in [-0.05, 0) is 55.3 Å². The van der Waals surface area contributed by atoms with E-state index < -0.39 is 10.0 Å². The van der Waals surface area contributed by atoms with Crippen molar-refractivity contribution in [3.8, 4) is 11.5 Å². The third-order valence-electron chi connectivity index (χ3n) is 3.85. The highest BCUT2D eigenvalue weighted by atomic mass is 32.2. The summed E-state index contributed by atoms with van der Waals surface area (Å²) in [6.45, 7) is 4.53. The molecule has 6 heteroatoms. The molecule has 25 heavy (non-hydrogen) atoms. The second-order valence-corrected chi connectivity index (χ2v) is 7.50. The number of hydrogen-bond donors (Lipinski definition) is 1. The van der Waals surface area contributed by atoms with Gasteiger partial charge in [-0.25, -0.2) is 13.1 Å². The van der Waals surface area contributed by atoms with E-state index in [-0.39, 0.29) is 10.9 Å². The molecule has 0 bridgehead atoms. The predicted molar refractivity (Wildman–Crippen MR) is 98.6 cm³/mol. The fourth-order valence-electron chi connectivity index (χ4n) is 2.31. The topological polar surface area (TPSA) is 64.6 Å². The van der Waals surface area contributed by atoms with Crippen molar-refractivity contribution in [3.63, 3.8) is 0 Å². The maximum Gasteiger partial charge on any atom is 0.241 e. The van der Waals surface area contributed by atoms with Crippen LogP contribution in [0.1, 0.15) is 38.3 Å². The first kappa shape index (κ1) is 19.3. The Labute approximate surface area is 150 Å². The van der Waals surface area contributed by atoms with Gasteiger partial charge in [-0.15, -0.1) is 0 Å². The van der Waals surface area contributed by atoms with E-state index in [1.165, 1.54) is 0 Å². The van der Waals surface area contributed by atoms with Crippen molar-refractivity contribution < 1.29 is 17.9 Å². The fraction of sp³-hybridized carbons (Fsp3) is 0.368. The molecular formula is C19H25NO4S. The molecule has 0 aliphatic heterocycles. The summed E-state index contributed by atoms with van der Waals surface area (Å²) in [6.07, 6.45) is 2.03. The normalized spacial score (nSPS) is 12.6. The third kappa shape index (κ3) is 5.47. The second-order valence-electron chi connectivity index (χ2n) is 5.79. The maximum atomic E-state index is 12.5. The van der Waals surface area contributed by atoms with Gasteiger partial charge >= 0.3 is 0 Å². The number of hydrogen-bond acceptors (Lipinski definition) is 4. The summed E-state index contributed by atoms with van der Waals surface area (Å²) in [5, 5.41) is 0. The monoisotopic (exact) mass is 363 g/mol. The number of benzene rings is 2. The summed E-state index contributed by atoms with van der Waals surface area (Å²) in [7, 11) is -2.01. The molecular weight excluding hydrogens is 338 g/mol. The van der Waals surface area contributed by atoms with Crippen molar-refractivity contribution in [1.82, 2.24) is 4.72 Å². The average molecular weight is 363 g/mol. The number of ether oxygens (including phenoxy) is 2. The van der Waals surface area contributed by atoms with Crippen LogP contribution in [0.5, 0.6) is 11.5 Å². The molecule has 1 unspecified atom stereocenters. The lowest BCUT2D eigenvalue weighted by Gasteiger charge is -2.15. The first-order valence-corrected chi connectivity index (χ1v) is 9.83. The lowest BCUT2D eigenvalue weighted by Crippen LogP contribution is -2.26. The minimum absolute atomic E-state index is 0.218. The van der Waals surface area contributed by atoms with E-state index in [0.717, 1.165) is 24.2 Å². The van der Waals surface area contributed by atoms with Crippen molar-refractivity contribution in [2.45, 2.75) is 37.6 Å². The molecule has 5 nitrogen and oxygen atoms in total. The van der Waals surface area contributed by atoms with Crippen LogP contribution in [0.2, 0.25) is 0 Å². The SMILES string of the molecule is CCCCOc1ccc(S(=O)(=O)NC(C)c2ccc(OC)cc2)cc1. The van der Waals surface area contributed by atoms with Gasteiger partial charge in [0, 0.05) is 6.04 Å². The number of unbranched alkanes of at least 4 members (excludes halogenated alkanes) is 1. The molecule has 0 aliphatic carbocycles. The van der Waals surface area contributed by atoms with Crippen LogP contribution >= 0.6 is 0 Å². The molecule has 136 valence electrons. The number of rotatable bonds is 9. The third-order valence-corrected chi connectivity index (χ3v) is 5.41. The van der Waals surface area contributed by atoms with Crippen LogP contribution in [-0.4, -0.2) is 22.1 Å². The van der Waals surface area contributed by atoms with Crippen molar-refractivity contribution in [2.75, 3.05) is 13.7 Å². The lowest BCUT2D eigenvalue weighted by molar-refractivity contribution is 0.309. The van der Waals surface area contributed by atoms with E-state index in [1.807, 2.05) is 31.2 Å². The van der Waals surface area contributed by atoms with Crippen LogP contribution in [-0.2, 0) is 10.0 Å². The van der Waals surface area contributed by atoms with Crippen LogP contribution in [0.25, 0.3) is 0 Å². The molecule has 1 N–H and O–H groups in total. The Morgan fingerprint density at radius 2 is 1.60 bits per heavy atom. The average Bonchev–Trinajstić information content (AvgIpc) is 2.62. The molecule has 0 aromatic heterocycles. The molecule has 0 aliphatic rings. The largest absolute Gasteiger partial charge is 0.497 e. The van der Waals surface area contributed by atoms with Crippen molar-refractivity contribution >= 4 is 10.0 Å². The summed E-state index contributed by atoms with van der Waals surface area (Å²) < 4.78 is 38.4. The van der Waals surface area contributed by atoms with E-state index in [2.05, 4.69) is 11.6 Å². The van der Waals surface area contributed by atoms with E-state index in [9.17, 15) is 8.42 Å². The van der Waals surface area contributed by atoms with Gasteiger partial charge in [-0.2, -0.15) is 0 Å². The molecule has 1 atom stereocenters. The molecule has 0 amide bonds. The summed E-state index contributed by atoms with van der Waals surface area (Å²) in [5.74, 6) is 1.41. The first-order valence-electron chi connectivity index (χ1n) is 8.35. The number of methoxy groups -OCH3 is 1. The minimum atomic E-state index is -3.60. The molecule has 0 saturated heterocycles. The first-order chi connectivity index (χ1) is 12.0. The molecule has 0 fully saturated rings. The Morgan fingerprint density at radius 3 is 2.16 bits per heavy atom. The number of nitrogens with one attached hydrogen (secondary N) is 1. The standard InChI is InChI=1S/C19H25NO4S/c1-4-5-14-24-18-10-12-19(13-11-18)25(21,22)20-15(2)16-6-8-17(23-3)9-7-16/h6-13,15,20H,4-5,14H2,1-3H3. The van der Waals surface area contributed by atoms with Crippen LogP contribution < -0.4 is 14.2 Å². The fourth-order valence-corrected chi connectivity index (χ4v) is 3.54. The zero-order valence-corrected chi connectivity index (χ0v) is 15.7. The highest BCUT2D eigenvalue weighted by molar-refractivity contribution is 7.89. The predicted octanol–water partition coefficient (Wildman–Crippen LogP) is 3.91. The highest BCUT2D eigenvalue weighted by Crippen LogP contribution is 2.21. The van der Waals surface area contributed by atoms with E-state index in [4.69, 9.17) is 9.47 Å². The van der Waals surface area contributed by atoms with Gasteiger partial charge < -0.3 is 9.47 Å². The number of sulfonamides is 1. The van der Waals surface area contributed by atoms with Crippen LogP contribution in [0.4, 0.5) is 0 Å². The Balaban J connectivity index is 2.04. The lowest BCUT2D eigenvalue weighted by atomic mass is 10.1. The summed E-state index contributed by atoms with van der Waals surface area (Å²) in [4.78, 5) is 0.218. The van der Waals surface area contributed by atoms with Crippen LogP contribution in [0.15, 0.2) is 53.4 Å².